The summed E-state index contributed by atoms with van der Waals surface area (Å²) in [6.07, 6.45) is 2.34. The van der Waals surface area contributed by atoms with Crippen LogP contribution in [0.15, 0.2) is 73.1 Å². The monoisotopic (exact) mass is 386 g/mol. The summed E-state index contributed by atoms with van der Waals surface area (Å²) < 4.78 is 11.3. The zero-order valence-corrected chi connectivity index (χ0v) is 16.1. The maximum absolute atomic E-state index is 6.07. The number of nitrogens with zero attached hydrogens (tertiary/aromatic N) is 2. The Morgan fingerprint density at radius 1 is 0.931 bits per heavy atom. The fourth-order valence-electron chi connectivity index (χ4n) is 3.11. The second-order valence-electron chi connectivity index (χ2n) is 6.56. The normalized spacial score (nSPS) is 10.7. The molecule has 0 saturated carbocycles. The molecule has 0 unspecified atom stereocenters. The average Bonchev–Trinajstić information content (AvgIpc) is 2.76. The Kier molecular flexibility index (Phi) is 5.42. The van der Waals surface area contributed by atoms with Crippen LogP contribution >= 0.6 is 0 Å². The van der Waals surface area contributed by atoms with Crippen LogP contribution in [-0.2, 0) is 6.42 Å². The van der Waals surface area contributed by atoms with Crippen molar-refractivity contribution in [3.63, 3.8) is 0 Å². The number of nitrogen functional groups attached to an aromatic ring is 1. The van der Waals surface area contributed by atoms with Crippen LogP contribution in [0.5, 0.6) is 17.2 Å². The highest BCUT2D eigenvalue weighted by atomic mass is 16.5. The van der Waals surface area contributed by atoms with E-state index in [0.717, 1.165) is 46.0 Å². The van der Waals surface area contributed by atoms with E-state index in [1.165, 1.54) is 0 Å². The molecule has 3 N–H and O–H groups in total. The molecular weight excluding hydrogens is 364 g/mol. The van der Waals surface area contributed by atoms with Gasteiger partial charge >= 0.3 is 0 Å². The van der Waals surface area contributed by atoms with E-state index in [9.17, 15) is 0 Å². The topological polar surface area (TPSA) is 82.3 Å². The van der Waals surface area contributed by atoms with Crippen molar-refractivity contribution >= 4 is 22.4 Å². The van der Waals surface area contributed by atoms with Crippen molar-refractivity contribution in [1.29, 1.82) is 0 Å². The number of aromatic nitrogens is 2. The predicted molar refractivity (Wildman–Crippen MR) is 116 cm³/mol. The Hall–Kier alpha value is -3.80. The molecule has 0 radical (unpaired) electrons. The highest BCUT2D eigenvalue weighted by Gasteiger charge is 2.07. The molecule has 0 aliphatic carbocycles. The van der Waals surface area contributed by atoms with Crippen LogP contribution in [0.25, 0.3) is 10.9 Å². The Labute approximate surface area is 169 Å². The van der Waals surface area contributed by atoms with Crippen molar-refractivity contribution in [2.45, 2.75) is 6.42 Å². The van der Waals surface area contributed by atoms with Gasteiger partial charge in [0.15, 0.2) is 0 Å². The number of rotatable bonds is 7. The van der Waals surface area contributed by atoms with Gasteiger partial charge < -0.3 is 20.5 Å². The summed E-state index contributed by atoms with van der Waals surface area (Å²) >= 11 is 0. The SMILES string of the molecule is COc1ccc(Oc2ccccc2CCNc2ncnc3ccc(N)cc23)cc1. The van der Waals surface area contributed by atoms with Gasteiger partial charge in [-0.2, -0.15) is 0 Å². The van der Waals surface area contributed by atoms with Gasteiger partial charge in [0.25, 0.3) is 0 Å². The van der Waals surface area contributed by atoms with Crippen molar-refractivity contribution in [2.75, 3.05) is 24.7 Å². The second kappa shape index (κ2) is 8.48. The molecule has 4 aromatic rings. The molecule has 3 aromatic carbocycles. The van der Waals surface area contributed by atoms with Gasteiger partial charge in [0.2, 0.25) is 0 Å². The van der Waals surface area contributed by atoms with Gasteiger partial charge in [0, 0.05) is 17.6 Å². The third kappa shape index (κ3) is 4.38. The van der Waals surface area contributed by atoms with E-state index in [1.807, 2.05) is 60.7 Å². The molecule has 4 rings (SSSR count). The molecule has 0 bridgehead atoms. The number of hydrogen-bond donors (Lipinski definition) is 2. The Bertz CT molecular complexity index is 1110. The first-order chi connectivity index (χ1) is 14.2. The van der Waals surface area contributed by atoms with Gasteiger partial charge in [0.05, 0.1) is 12.6 Å². The summed E-state index contributed by atoms with van der Waals surface area (Å²) in [6, 6.07) is 21.2. The van der Waals surface area contributed by atoms with Crippen molar-refractivity contribution in [1.82, 2.24) is 9.97 Å². The molecule has 0 fully saturated rings. The zero-order chi connectivity index (χ0) is 20.1. The first-order valence-corrected chi connectivity index (χ1v) is 9.37. The van der Waals surface area contributed by atoms with Crippen LogP contribution in [0, 0.1) is 0 Å². The molecule has 0 atom stereocenters. The number of benzene rings is 3. The minimum absolute atomic E-state index is 0.689. The molecule has 1 heterocycles. The van der Waals surface area contributed by atoms with Crippen LogP contribution in [0.4, 0.5) is 11.5 Å². The van der Waals surface area contributed by atoms with Gasteiger partial charge in [-0.05, 0) is 60.5 Å². The minimum Gasteiger partial charge on any atom is -0.497 e. The molecule has 6 nitrogen and oxygen atoms in total. The maximum Gasteiger partial charge on any atom is 0.137 e. The Morgan fingerprint density at radius 3 is 2.55 bits per heavy atom. The molecule has 6 heteroatoms. The van der Waals surface area contributed by atoms with Crippen LogP contribution in [0.1, 0.15) is 5.56 Å². The fraction of sp³-hybridized carbons (Fsp3) is 0.130. The molecule has 0 aliphatic heterocycles. The van der Waals surface area contributed by atoms with Crippen molar-refractivity contribution < 1.29 is 9.47 Å². The van der Waals surface area contributed by atoms with Crippen LogP contribution < -0.4 is 20.5 Å². The minimum atomic E-state index is 0.689. The lowest BCUT2D eigenvalue weighted by Crippen LogP contribution is -2.08. The summed E-state index contributed by atoms with van der Waals surface area (Å²) in [5, 5.41) is 4.30. The summed E-state index contributed by atoms with van der Waals surface area (Å²) in [4.78, 5) is 8.65. The standard InChI is InChI=1S/C23H22N4O2/c1-28-18-7-9-19(10-8-18)29-22-5-3-2-4-16(22)12-13-25-23-20-14-17(24)6-11-21(20)26-15-27-23/h2-11,14-15H,12-13,24H2,1H3,(H,25,26,27). The zero-order valence-electron chi connectivity index (χ0n) is 16.1. The van der Waals surface area contributed by atoms with Gasteiger partial charge in [-0.1, -0.05) is 18.2 Å². The van der Waals surface area contributed by atoms with E-state index in [1.54, 1.807) is 13.4 Å². The molecule has 0 aliphatic rings. The van der Waals surface area contributed by atoms with Gasteiger partial charge in [-0.15, -0.1) is 0 Å². The number of ether oxygens (including phenoxy) is 2. The fourth-order valence-corrected chi connectivity index (χ4v) is 3.11. The molecule has 29 heavy (non-hydrogen) atoms. The lowest BCUT2D eigenvalue weighted by molar-refractivity contribution is 0.412. The molecule has 0 saturated heterocycles. The lowest BCUT2D eigenvalue weighted by atomic mass is 10.1. The highest BCUT2D eigenvalue weighted by molar-refractivity contribution is 5.91. The van der Waals surface area contributed by atoms with E-state index in [4.69, 9.17) is 15.2 Å². The molecule has 146 valence electrons. The third-order valence-electron chi connectivity index (χ3n) is 4.61. The number of methoxy groups -OCH3 is 1. The largest absolute Gasteiger partial charge is 0.497 e. The third-order valence-corrected chi connectivity index (χ3v) is 4.61. The van der Waals surface area contributed by atoms with E-state index in [2.05, 4.69) is 21.4 Å². The van der Waals surface area contributed by atoms with E-state index in [0.29, 0.717) is 12.2 Å². The van der Waals surface area contributed by atoms with Gasteiger partial charge in [0.1, 0.15) is 29.4 Å². The number of fused-ring (bicyclic) bond motifs is 1. The molecule has 0 amide bonds. The van der Waals surface area contributed by atoms with E-state index < -0.39 is 0 Å². The van der Waals surface area contributed by atoms with Crippen LogP contribution in [0.3, 0.4) is 0 Å². The lowest BCUT2D eigenvalue weighted by Gasteiger charge is -2.13. The van der Waals surface area contributed by atoms with Crippen molar-refractivity contribution in [3.05, 3.63) is 78.6 Å². The van der Waals surface area contributed by atoms with E-state index in [-0.39, 0.29) is 0 Å². The smallest absolute Gasteiger partial charge is 0.137 e. The Balaban J connectivity index is 1.46. The maximum atomic E-state index is 6.07. The first-order valence-electron chi connectivity index (χ1n) is 9.37. The van der Waals surface area contributed by atoms with Crippen LogP contribution in [-0.4, -0.2) is 23.6 Å². The highest BCUT2D eigenvalue weighted by Crippen LogP contribution is 2.27. The summed E-state index contributed by atoms with van der Waals surface area (Å²) in [5.74, 6) is 3.17. The van der Waals surface area contributed by atoms with Crippen LogP contribution in [0.2, 0.25) is 0 Å². The van der Waals surface area contributed by atoms with Gasteiger partial charge in [-0.3, -0.25) is 0 Å². The number of nitrogens with two attached hydrogens (primary N) is 1. The average molecular weight is 386 g/mol. The number of nitrogens with one attached hydrogen (secondary N) is 1. The van der Waals surface area contributed by atoms with Gasteiger partial charge in [-0.25, -0.2) is 9.97 Å². The second-order valence-corrected chi connectivity index (χ2v) is 6.56. The Morgan fingerprint density at radius 2 is 1.72 bits per heavy atom. The van der Waals surface area contributed by atoms with E-state index >= 15 is 0 Å². The first kappa shape index (κ1) is 18.6. The number of hydrogen-bond acceptors (Lipinski definition) is 6. The summed E-state index contributed by atoms with van der Waals surface area (Å²) in [5.41, 5.74) is 8.57. The quantitative estimate of drug-likeness (QED) is 0.449. The molecule has 0 spiro atoms. The predicted octanol–water partition coefficient (Wildman–Crippen LogP) is 4.67. The van der Waals surface area contributed by atoms with Crippen molar-refractivity contribution in [3.8, 4) is 17.2 Å². The summed E-state index contributed by atoms with van der Waals surface area (Å²) in [6.45, 7) is 0.698. The number of anilines is 2. The summed E-state index contributed by atoms with van der Waals surface area (Å²) in [7, 11) is 1.65. The molecule has 1 aromatic heterocycles. The number of para-hydroxylation sites is 1. The molecular formula is C23H22N4O2. The van der Waals surface area contributed by atoms with Crippen molar-refractivity contribution in [2.24, 2.45) is 0 Å².